The summed E-state index contributed by atoms with van der Waals surface area (Å²) >= 11 is 0. The Morgan fingerprint density at radius 2 is 2.22 bits per heavy atom. The van der Waals surface area contributed by atoms with Crippen molar-refractivity contribution >= 4 is 0 Å². The zero-order chi connectivity index (χ0) is 13.3. The molecular formula is C13H25N5. The summed E-state index contributed by atoms with van der Waals surface area (Å²) in [7, 11) is 0. The number of nitrogens with zero attached hydrogens (tertiary/aromatic N) is 4. The van der Waals surface area contributed by atoms with Crippen LogP contribution in [0.2, 0.25) is 0 Å². The Hall–Kier alpha value is -0.940. The molecule has 2 heterocycles. The van der Waals surface area contributed by atoms with Gasteiger partial charge in [0.15, 0.2) is 0 Å². The summed E-state index contributed by atoms with van der Waals surface area (Å²) in [5, 5.41) is 7.85. The maximum absolute atomic E-state index is 4.41. The first kappa shape index (κ1) is 13.5. The lowest BCUT2D eigenvalue weighted by Crippen LogP contribution is -2.60. The lowest BCUT2D eigenvalue weighted by molar-refractivity contribution is 0.0584. The minimum Gasteiger partial charge on any atom is -0.311 e. The summed E-state index contributed by atoms with van der Waals surface area (Å²) in [5.41, 5.74) is 0.167. The van der Waals surface area contributed by atoms with Gasteiger partial charge in [0.2, 0.25) is 0 Å². The van der Waals surface area contributed by atoms with E-state index >= 15 is 0 Å². The lowest BCUT2D eigenvalue weighted by atomic mass is 9.98. The summed E-state index contributed by atoms with van der Waals surface area (Å²) in [5.74, 6) is 1.06. The summed E-state index contributed by atoms with van der Waals surface area (Å²) in [4.78, 5) is 6.91. The summed E-state index contributed by atoms with van der Waals surface area (Å²) in [6, 6.07) is 0.902. The van der Waals surface area contributed by atoms with E-state index in [0.717, 1.165) is 25.5 Å². The highest BCUT2D eigenvalue weighted by atomic mass is 15.4. The van der Waals surface area contributed by atoms with Gasteiger partial charge in [-0.2, -0.15) is 5.10 Å². The van der Waals surface area contributed by atoms with Crippen LogP contribution in [0, 0.1) is 0 Å². The Morgan fingerprint density at radius 3 is 2.89 bits per heavy atom. The molecule has 0 bridgehead atoms. The summed E-state index contributed by atoms with van der Waals surface area (Å²) in [6.45, 7) is 14.0. The van der Waals surface area contributed by atoms with Gasteiger partial charge in [0, 0.05) is 30.7 Å². The van der Waals surface area contributed by atoms with E-state index in [-0.39, 0.29) is 5.54 Å². The third-order valence-electron chi connectivity index (χ3n) is 3.70. The van der Waals surface area contributed by atoms with Crippen molar-refractivity contribution in [2.45, 2.75) is 58.8 Å². The monoisotopic (exact) mass is 251 g/mol. The molecule has 1 saturated heterocycles. The van der Waals surface area contributed by atoms with Crippen LogP contribution in [-0.2, 0) is 6.54 Å². The van der Waals surface area contributed by atoms with Gasteiger partial charge in [0.25, 0.3) is 0 Å². The van der Waals surface area contributed by atoms with Gasteiger partial charge in [0.05, 0.1) is 6.54 Å². The molecule has 5 nitrogen and oxygen atoms in total. The zero-order valence-electron chi connectivity index (χ0n) is 12.1. The molecule has 1 aliphatic rings. The lowest BCUT2D eigenvalue weighted by Gasteiger charge is -2.45. The molecule has 0 spiro atoms. The van der Waals surface area contributed by atoms with Crippen LogP contribution in [0.4, 0.5) is 0 Å². The SMILES string of the molecule is CC1CN(Cc2ncnn2C(C)C)C(C)(C)CN1. The predicted molar refractivity (Wildman–Crippen MR) is 72.4 cm³/mol. The molecule has 0 radical (unpaired) electrons. The summed E-state index contributed by atoms with van der Waals surface area (Å²) in [6.07, 6.45) is 1.66. The topological polar surface area (TPSA) is 46.0 Å². The first-order valence-corrected chi connectivity index (χ1v) is 6.77. The van der Waals surface area contributed by atoms with Gasteiger partial charge in [-0.05, 0) is 34.6 Å². The maximum atomic E-state index is 4.41. The van der Waals surface area contributed by atoms with E-state index in [1.807, 2.05) is 4.68 Å². The molecule has 0 aliphatic carbocycles. The minimum atomic E-state index is 0.167. The molecule has 18 heavy (non-hydrogen) atoms. The van der Waals surface area contributed by atoms with Crippen LogP contribution in [0.1, 0.15) is 46.5 Å². The van der Waals surface area contributed by atoms with Gasteiger partial charge in [-0.1, -0.05) is 0 Å². The quantitative estimate of drug-likeness (QED) is 0.883. The second-order valence-electron chi connectivity index (χ2n) is 6.19. The van der Waals surface area contributed by atoms with E-state index in [1.54, 1.807) is 6.33 Å². The normalized spacial score (nSPS) is 24.7. The highest BCUT2D eigenvalue weighted by molar-refractivity contribution is 4.96. The van der Waals surface area contributed by atoms with Crippen LogP contribution in [0.5, 0.6) is 0 Å². The van der Waals surface area contributed by atoms with Crippen molar-refractivity contribution < 1.29 is 0 Å². The first-order valence-electron chi connectivity index (χ1n) is 6.77. The second kappa shape index (κ2) is 4.97. The Morgan fingerprint density at radius 1 is 1.50 bits per heavy atom. The standard InChI is InChI=1S/C13H25N5/c1-10(2)18-12(15-9-16-18)7-17-6-11(3)14-8-13(17,4)5/h9-11,14H,6-8H2,1-5H3. The molecule has 5 heteroatoms. The first-order chi connectivity index (χ1) is 8.40. The fraction of sp³-hybridized carbons (Fsp3) is 0.846. The van der Waals surface area contributed by atoms with Gasteiger partial charge in [0.1, 0.15) is 12.2 Å². The van der Waals surface area contributed by atoms with Crippen molar-refractivity contribution in [3.8, 4) is 0 Å². The van der Waals surface area contributed by atoms with Crippen molar-refractivity contribution in [1.29, 1.82) is 0 Å². The molecule has 0 amide bonds. The van der Waals surface area contributed by atoms with Crippen LogP contribution in [0.15, 0.2) is 6.33 Å². The number of nitrogens with one attached hydrogen (secondary N) is 1. The molecule has 2 rings (SSSR count). The maximum Gasteiger partial charge on any atom is 0.141 e. The molecule has 0 saturated carbocycles. The van der Waals surface area contributed by atoms with E-state index in [0.29, 0.717) is 12.1 Å². The van der Waals surface area contributed by atoms with Crippen molar-refractivity contribution in [2.24, 2.45) is 0 Å². The highest BCUT2D eigenvalue weighted by Crippen LogP contribution is 2.21. The van der Waals surface area contributed by atoms with E-state index < -0.39 is 0 Å². The fourth-order valence-corrected chi connectivity index (χ4v) is 2.45. The average Bonchev–Trinajstić information content (AvgIpc) is 2.72. The Bertz CT molecular complexity index is 396. The van der Waals surface area contributed by atoms with E-state index in [1.165, 1.54) is 0 Å². The largest absolute Gasteiger partial charge is 0.311 e. The molecule has 0 aromatic carbocycles. The van der Waals surface area contributed by atoms with Crippen LogP contribution in [0.25, 0.3) is 0 Å². The fourth-order valence-electron chi connectivity index (χ4n) is 2.45. The predicted octanol–water partition coefficient (Wildman–Crippen LogP) is 1.43. The van der Waals surface area contributed by atoms with E-state index in [2.05, 4.69) is 54.9 Å². The van der Waals surface area contributed by atoms with Crippen molar-refractivity contribution in [1.82, 2.24) is 25.0 Å². The van der Waals surface area contributed by atoms with Crippen LogP contribution >= 0.6 is 0 Å². The van der Waals surface area contributed by atoms with Gasteiger partial charge < -0.3 is 5.32 Å². The number of hydrogen-bond acceptors (Lipinski definition) is 4. The van der Waals surface area contributed by atoms with Gasteiger partial charge in [-0.25, -0.2) is 9.67 Å². The van der Waals surface area contributed by atoms with Crippen LogP contribution in [-0.4, -0.2) is 44.3 Å². The van der Waals surface area contributed by atoms with Gasteiger partial charge >= 0.3 is 0 Å². The number of piperazine rings is 1. The van der Waals surface area contributed by atoms with Crippen molar-refractivity contribution in [2.75, 3.05) is 13.1 Å². The molecule has 1 aliphatic heterocycles. The third-order valence-corrected chi connectivity index (χ3v) is 3.70. The van der Waals surface area contributed by atoms with Gasteiger partial charge in [-0.15, -0.1) is 0 Å². The summed E-state index contributed by atoms with van der Waals surface area (Å²) < 4.78 is 2.02. The highest BCUT2D eigenvalue weighted by Gasteiger charge is 2.33. The van der Waals surface area contributed by atoms with Gasteiger partial charge in [-0.3, -0.25) is 4.90 Å². The Balaban J connectivity index is 2.14. The number of hydrogen-bond donors (Lipinski definition) is 1. The smallest absolute Gasteiger partial charge is 0.141 e. The van der Waals surface area contributed by atoms with E-state index in [4.69, 9.17) is 0 Å². The van der Waals surface area contributed by atoms with E-state index in [9.17, 15) is 0 Å². The molecule has 1 unspecified atom stereocenters. The molecule has 1 aromatic rings. The molecular weight excluding hydrogens is 226 g/mol. The third kappa shape index (κ3) is 2.72. The molecule has 1 aromatic heterocycles. The zero-order valence-corrected chi connectivity index (χ0v) is 12.1. The Labute approximate surface area is 110 Å². The molecule has 1 atom stereocenters. The number of aromatic nitrogens is 3. The number of rotatable bonds is 3. The average molecular weight is 251 g/mol. The van der Waals surface area contributed by atoms with Crippen LogP contribution < -0.4 is 5.32 Å². The Kier molecular flexibility index (Phi) is 3.73. The molecule has 1 fully saturated rings. The van der Waals surface area contributed by atoms with Crippen LogP contribution in [0.3, 0.4) is 0 Å². The van der Waals surface area contributed by atoms with Crippen molar-refractivity contribution in [3.05, 3.63) is 12.2 Å². The molecule has 102 valence electrons. The minimum absolute atomic E-state index is 0.167. The second-order valence-corrected chi connectivity index (χ2v) is 6.19. The van der Waals surface area contributed by atoms with Crippen molar-refractivity contribution in [3.63, 3.8) is 0 Å². The molecule has 1 N–H and O–H groups in total.